The molecular weight excluding hydrogens is 356 g/mol. The van der Waals surface area contributed by atoms with Crippen molar-refractivity contribution in [3.8, 4) is 11.9 Å². The Kier molecular flexibility index (Phi) is 4.59. The third-order valence-electron chi connectivity index (χ3n) is 5.76. The molecule has 1 N–H and O–H groups in total. The van der Waals surface area contributed by atoms with E-state index in [0.717, 1.165) is 25.9 Å². The fourth-order valence-electron chi connectivity index (χ4n) is 3.66. The summed E-state index contributed by atoms with van der Waals surface area (Å²) in [7, 11) is 0. The van der Waals surface area contributed by atoms with Crippen molar-refractivity contribution in [3.05, 3.63) is 41.9 Å². The van der Waals surface area contributed by atoms with Gasteiger partial charge in [0.1, 0.15) is 12.1 Å². The first-order chi connectivity index (χ1) is 13.5. The molecule has 1 saturated heterocycles. The molecule has 1 aliphatic heterocycles. The quantitative estimate of drug-likeness (QED) is 0.871. The molecule has 2 fully saturated rings. The third kappa shape index (κ3) is 3.60. The van der Waals surface area contributed by atoms with Crippen molar-refractivity contribution in [3.63, 3.8) is 0 Å². The van der Waals surface area contributed by atoms with Crippen LogP contribution in [0.15, 0.2) is 30.6 Å². The summed E-state index contributed by atoms with van der Waals surface area (Å²) >= 11 is 0. The zero-order valence-electron chi connectivity index (χ0n) is 15.8. The number of carbonyl (C=O) groups is 2. The topological polar surface area (TPSA) is 104 Å². The van der Waals surface area contributed by atoms with Crippen LogP contribution in [0.3, 0.4) is 0 Å². The maximum absolute atomic E-state index is 12.6. The lowest BCUT2D eigenvalue weighted by atomic mass is 9.93. The Morgan fingerprint density at radius 2 is 1.96 bits per heavy atom. The van der Waals surface area contributed by atoms with E-state index in [4.69, 9.17) is 5.26 Å². The highest BCUT2D eigenvalue weighted by atomic mass is 16.2. The number of nitriles is 1. The zero-order chi connectivity index (χ0) is 19.7. The number of hydrogen-bond acceptors (Lipinski definition) is 5. The third-order valence-corrected chi connectivity index (χ3v) is 5.76. The van der Waals surface area contributed by atoms with Crippen LogP contribution >= 0.6 is 0 Å². The number of amides is 2. The first-order valence-corrected chi connectivity index (χ1v) is 9.52. The van der Waals surface area contributed by atoms with Crippen LogP contribution in [-0.4, -0.2) is 50.6 Å². The lowest BCUT2D eigenvalue weighted by Gasteiger charge is -2.33. The van der Waals surface area contributed by atoms with Crippen LogP contribution in [0, 0.1) is 16.7 Å². The van der Waals surface area contributed by atoms with Gasteiger partial charge < -0.3 is 10.2 Å². The van der Waals surface area contributed by atoms with Crippen molar-refractivity contribution in [2.75, 3.05) is 13.1 Å². The van der Waals surface area contributed by atoms with Gasteiger partial charge in [-0.3, -0.25) is 9.59 Å². The van der Waals surface area contributed by atoms with Crippen LogP contribution in [0.5, 0.6) is 0 Å². The molecule has 0 aromatic carbocycles. The first-order valence-electron chi connectivity index (χ1n) is 9.52. The second-order valence-corrected chi connectivity index (χ2v) is 7.68. The van der Waals surface area contributed by atoms with Gasteiger partial charge in [0, 0.05) is 25.5 Å². The summed E-state index contributed by atoms with van der Waals surface area (Å²) in [4.78, 5) is 31.2. The molecule has 8 nitrogen and oxygen atoms in total. The van der Waals surface area contributed by atoms with Crippen LogP contribution < -0.4 is 5.32 Å². The zero-order valence-corrected chi connectivity index (χ0v) is 15.8. The molecule has 0 unspecified atom stereocenters. The maximum atomic E-state index is 12.6. The van der Waals surface area contributed by atoms with E-state index in [9.17, 15) is 9.59 Å². The summed E-state index contributed by atoms with van der Waals surface area (Å²) in [5.74, 6) is 0.132. The molecule has 2 aromatic heterocycles. The number of nitrogens with zero attached hydrogens (tertiary/aromatic N) is 5. The van der Waals surface area contributed by atoms with E-state index in [1.807, 2.05) is 11.0 Å². The molecule has 1 aliphatic carbocycles. The summed E-state index contributed by atoms with van der Waals surface area (Å²) in [6.07, 6.45) is 7.80. The Morgan fingerprint density at radius 1 is 1.21 bits per heavy atom. The summed E-state index contributed by atoms with van der Waals surface area (Å²) in [5.41, 5.74) is 1.17. The Labute approximate surface area is 163 Å². The Bertz CT molecular complexity index is 928. The summed E-state index contributed by atoms with van der Waals surface area (Å²) in [5, 5.41) is 15.7. The van der Waals surface area contributed by atoms with Crippen LogP contribution in [0.4, 0.5) is 0 Å². The van der Waals surface area contributed by atoms with Gasteiger partial charge in [-0.2, -0.15) is 10.4 Å². The Morgan fingerprint density at radius 3 is 2.54 bits per heavy atom. The van der Waals surface area contributed by atoms with Gasteiger partial charge in [0.25, 0.3) is 5.91 Å². The van der Waals surface area contributed by atoms with E-state index in [-0.39, 0.29) is 11.8 Å². The average Bonchev–Trinajstić information content (AvgIpc) is 3.29. The van der Waals surface area contributed by atoms with Gasteiger partial charge >= 0.3 is 0 Å². The van der Waals surface area contributed by atoms with E-state index >= 15 is 0 Å². The number of likely N-dealkylation sites (tertiary alicyclic amines) is 1. The smallest absolute Gasteiger partial charge is 0.253 e. The minimum absolute atomic E-state index is 0.0333. The van der Waals surface area contributed by atoms with Crippen molar-refractivity contribution in [1.82, 2.24) is 25.0 Å². The lowest BCUT2D eigenvalue weighted by molar-refractivity contribution is -0.134. The molecule has 144 valence electrons. The Balaban J connectivity index is 1.35. The summed E-state index contributed by atoms with van der Waals surface area (Å²) in [6.45, 7) is 3.28. The highest BCUT2D eigenvalue weighted by Gasteiger charge is 2.45. The molecule has 8 heteroatoms. The standard InChI is InChI=1S/C20H22N6O2/c1-14(19(28)25-10-7-20(5-6-20)8-11-25)23-18(27)15-2-3-17(22-13-15)26-9-4-16(12-21)24-26/h2-4,9,13-14H,5-8,10-11H2,1H3,(H,23,27)/t14-/m1/s1. The monoisotopic (exact) mass is 378 g/mol. The number of rotatable bonds is 4. The van der Waals surface area contributed by atoms with E-state index in [2.05, 4.69) is 15.4 Å². The lowest BCUT2D eigenvalue weighted by Crippen LogP contribution is -2.49. The van der Waals surface area contributed by atoms with E-state index in [0.29, 0.717) is 22.5 Å². The molecule has 1 atom stereocenters. The van der Waals surface area contributed by atoms with Crippen LogP contribution in [0.25, 0.3) is 5.82 Å². The number of aromatic nitrogens is 3. The van der Waals surface area contributed by atoms with Gasteiger partial charge in [0.2, 0.25) is 5.91 Å². The van der Waals surface area contributed by atoms with Gasteiger partial charge in [-0.25, -0.2) is 9.67 Å². The number of nitrogens with one attached hydrogen (secondary N) is 1. The number of carbonyl (C=O) groups excluding carboxylic acids is 2. The fraction of sp³-hybridized carbons (Fsp3) is 0.450. The average molecular weight is 378 g/mol. The van der Waals surface area contributed by atoms with Crippen LogP contribution in [0.1, 0.15) is 48.7 Å². The van der Waals surface area contributed by atoms with Gasteiger partial charge in [-0.05, 0) is 56.2 Å². The Hall–Kier alpha value is -3.21. The predicted molar refractivity (Wildman–Crippen MR) is 100 cm³/mol. The van der Waals surface area contributed by atoms with E-state index < -0.39 is 6.04 Å². The van der Waals surface area contributed by atoms with Crippen LogP contribution in [0.2, 0.25) is 0 Å². The minimum atomic E-state index is -0.579. The van der Waals surface area contributed by atoms with Crippen molar-refractivity contribution in [2.45, 2.75) is 38.6 Å². The SMILES string of the molecule is C[C@@H](NC(=O)c1ccc(-n2ccc(C#N)n2)nc1)C(=O)N1CCC2(CC1)CC2. The molecular formula is C20H22N6O2. The first kappa shape index (κ1) is 18.2. The number of piperidine rings is 1. The highest BCUT2D eigenvalue weighted by molar-refractivity contribution is 5.97. The van der Waals surface area contributed by atoms with Gasteiger partial charge in [0.05, 0.1) is 5.56 Å². The van der Waals surface area contributed by atoms with Crippen molar-refractivity contribution >= 4 is 11.8 Å². The normalized spacial score (nSPS) is 18.4. The van der Waals surface area contributed by atoms with Crippen LogP contribution in [-0.2, 0) is 4.79 Å². The number of hydrogen-bond donors (Lipinski definition) is 1. The van der Waals surface area contributed by atoms with E-state index in [1.165, 1.54) is 23.7 Å². The van der Waals surface area contributed by atoms with Crippen molar-refractivity contribution in [2.24, 2.45) is 5.41 Å². The largest absolute Gasteiger partial charge is 0.341 e. The maximum Gasteiger partial charge on any atom is 0.253 e. The second kappa shape index (κ2) is 7.08. The predicted octanol–water partition coefficient (Wildman–Crippen LogP) is 1.66. The molecule has 1 saturated carbocycles. The molecule has 3 heterocycles. The van der Waals surface area contributed by atoms with Gasteiger partial charge in [-0.15, -0.1) is 0 Å². The number of pyridine rings is 1. The fourth-order valence-corrected chi connectivity index (χ4v) is 3.66. The van der Waals surface area contributed by atoms with Crippen molar-refractivity contribution < 1.29 is 9.59 Å². The van der Waals surface area contributed by atoms with Gasteiger partial charge in [0.15, 0.2) is 11.5 Å². The van der Waals surface area contributed by atoms with Crippen molar-refractivity contribution in [1.29, 1.82) is 5.26 Å². The molecule has 2 aliphatic rings. The highest BCUT2D eigenvalue weighted by Crippen LogP contribution is 2.53. The summed E-state index contributed by atoms with van der Waals surface area (Å²) in [6, 6.07) is 6.23. The molecule has 4 rings (SSSR count). The van der Waals surface area contributed by atoms with Gasteiger partial charge in [-0.1, -0.05) is 0 Å². The molecule has 2 amide bonds. The molecule has 28 heavy (non-hydrogen) atoms. The summed E-state index contributed by atoms with van der Waals surface area (Å²) < 4.78 is 1.47. The van der Waals surface area contributed by atoms with E-state index in [1.54, 1.807) is 31.3 Å². The second-order valence-electron chi connectivity index (χ2n) is 7.68. The minimum Gasteiger partial charge on any atom is -0.341 e. The molecule has 2 aromatic rings. The molecule has 1 spiro atoms. The molecule has 0 radical (unpaired) electrons. The molecule has 0 bridgehead atoms.